The normalized spacial score (nSPS) is 31.2. The fraction of sp³-hybridized carbons (Fsp3) is 0.625. The molecule has 0 aromatic heterocycles. The van der Waals surface area contributed by atoms with Gasteiger partial charge in [0.15, 0.2) is 0 Å². The largest absolute Gasteiger partial charge is 0.497 e. The van der Waals surface area contributed by atoms with Crippen molar-refractivity contribution in [3.63, 3.8) is 0 Å². The number of hydrogen-bond donors (Lipinski definition) is 1. The summed E-state index contributed by atoms with van der Waals surface area (Å²) in [6, 6.07) is 8.81. The van der Waals surface area contributed by atoms with Crippen LogP contribution in [0.25, 0.3) is 0 Å². The second-order valence-electron chi connectivity index (χ2n) is 9.36. The Morgan fingerprint density at radius 3 is 2.44 bits per heavy atom. The monoisotopic (exact) mass is 443 g/mol. The molecule has 1 amide bonds. The predicted molar refractivity (Wildman–Crippen MR) is 114 cm³/mol. The number of esters is 1. The van der Waals surface area contributed by atoms with Crippen molar-refractivity contribution in [2.24, 2.45) is 5.41 Å². The van der Waals surface area contributed by atoms with Gasteiger partial charge in [0.05, 0.1) is 31.7 Å². The van der Waals surface area contributed by atoms with Crippen molar-refractivity contribution in [2.75, 3.05) is 20.2 Å². The number of carbonyl (C=O) groups excluding carboxylic acids is 2. The maximum atomic E-state index is 13.6. The van der Waals surface area contributed by atoms with Gasteiger partial charge in [0.1, 0.15) is 24.6 Å². The van der Waals surface area contributed by atoms with Gasteiger partial charge in [-0.2, -0.15) is 5.26 Å². The van der Waals surface area contributed by atoms with Crippen LogP contribution in [-0.4, -0.2) is 54.7 Å². The number of rotatable bonds is 7. The Hall–Kier alpha value is -2.66. The van der Waals surface area contributed by atoms with Crippen molar-refractivity contribution in [2.45, 2.75) is 69.3 Å². The summed E-state index contributed by atoms with van der Waals surface area (Å²) in [6.07, 6.45) is 3.54. The number of nitrogens with one attached hydrogen (secondary N) is 1. The molecule has 2 bridgehead atoms. The van der Waals surface area contributed by atoms with Crippen LogP contribution in [-0.2, 0) is 20.9 Å². The zero-order valence-electron chi connectivity index (χ0n) is 18.4. The zero-order chi connectivity index (χ0) is 22.8. The van der Waals surface area contributed by atoms with Crippen molar-refractivity contribution in [3.05, 3.63) is 29.8 Å². The van der Waals surface area contributed by atoms with Crippen LogP contribution in [0.15, 0.2) is 24.3 Å². The fourth-order valence-electron chi connectivity index (χ4n) is 5.33. The summed E-state index contributed by atoms with van der Waals surface area (Å²) in [5.41, 5.74) is 0.303. The quantitative estimate of drug-likeness (QED) is 0.652. The van der Waals surface area contributed by atoms with Crippen LogP contribution in [0, 0.1) is 16.7 Å². The molecule has 4 fully saturated rings. The van der Waals surface area contributed by atoms with Gasteiger partial charge >= 0.3 is 5.97 Å². The lowest BCUT2D eigenvalue weighted by Crippen LogP contribution is -2.58. The van der Waals surface area contributed by atoms with Gasteiger partial charge in [0.25, 0.3) is 0 Å². The minimum atomic E-state index is -1.13. The number of ether oxygens (including phenoxy) is 2. The van der Waals surface area contributed by atoms with Crippen molar-refractivity contribution in [1.29, 1.82) is 5.26 Å². The van der Waals surface area contributed by atoms with Gasteiger partial charge in [-0.15, -0.1) is 0 Å². The van der Waals surface area contributed by atoms with Gasteiger partial charge < -0.3 is 19.7 Å². The van der Waals surface area contributed by atoms with E-state index in [1.165, 1.54) is 4.90 Å². The zero-order valence-corrected chi connectivity index (χ0v) is 18.4. The molecule has 32 heavy (non-hydrogen) atoms. The van der Waals surface area contributed by atoms with E-state index in [1.54, 1.807) is 7.11 Å². The first-order valence-electron chi connectivity index (χ1n) is 11.3. The standard InChI is InChI=1S/C24H30FN3O4/c1-31-20-4-2-17(3-5-20)16-32-22(30)23-6-9-24(10-7-23,11-8-23)27-14-21(29)28-15-18(25)12-19(28)13-26/h2-5,18-19,27H,6-12,14-16H2,1H3/t18-,19-,23?,24?/m0/s1. The van der Waals surface area contributed by atoms with E-state index in [2.05, 4.69) is 5.32 Å². The maximum absolute atomic E-state index is 13.6. The average Bonchev–Trinajstić information content (AvgIpc) is 3.23. The van der Waals surface area contributed by atoms with Crippen molar-refractivity contribution in [1.82, 2.24) is 10.2 Å². The molecule has 172 valence electrons. The number of carbonyl (C=O) groups is 2. The van der Waals surface area contributed by atoms with Gasteiger partial charge in [0.2, 0.25) is 5.91 Å². The number of methoxy groups -OCH3 is 1. The molecule has 3 saturated carbocycles. The third-order valence-electron chi connectivity index (χ3n) is 7.54. The number of hydrogen-bond acceptors (Lipinski definition) is 6. The topological polar surface area (TPSA) is 91.7 Å². The van der Waals surface area contributed by atoms with E-state index in [-0.39, 0.29) is 43.5 Å². The van der Waals surface area contributed by atoms with E-state index in [0.717, 1.165) is 49.8 Å². The highest BCUT2D eigenvalue weighted by Gasteiger charge is 2.53. The van der Waals surface area contributed by atoms with Crippen molar-refractivity contribution >= 4 is 11.9 Å². The predicted octanol–water partition coefficient (Wildman–Crippen LogP) is 2.88. The fourth-order valence-corrected chi connectivity index (χ4v) is 5.33. The molecule has 5 rings (SSSR count). The Labute approximate surface area is 187 Å². The van der Waals surface area contributed by atoms with Crippen LogP contribution >= 0.6 is 0 Å². The lowest BCUT2D eigenvalue weighted by Gasteiger charge is -2.52. The number of halogens is 1. The average molecular weight is 444 g/mol. The molecule has 1 saturated heterocycles. The molecule has 1 N–H and O–H groups in total. The third-order valence-corrected chi connectivity index (χ3v) is 7.54. The van der Waals surface area contributed by atoms with E-state index >= 15 is 0 Å². The number of alkyl halides is 1. The van der Waals surface area contributed by atoms with Crippen LogP contribution in [0.4, 0.5) is 4.39 Å². The first-order valence-corrected chi connectivity index (χ1v) is 11.3. The molecule has 8 heteroatoms. The minimum absolute atomic E-state index is 0.00507. The Morgan fingerprint density at radius 2 is 1.84 bits per heavy atom. The molecule has 2 atom stereocenters. The van der Waals surface area contributed by atoms with E-state index < -0.39 is 17.6 Å². The van der Waals surface area contributed by atoms with Crippen LogP contribution in [0.5, 0.6) is 5.75 Å². The summed E-state index contributed by atoms with van der Waals surface area (Å²) in [7, 11) is 1.61. The van der Waals surface area contributed by atoms with Crippen molar-refractivity contribution < 1.29 is 23.5 Å². The highest BCUT2D eigenvalue weighted by Crippen LogP contribution is 2.53. The highest BCUT2D eigenvalue weighted by molar-refractivity contribution is 5.80. The Bertz CT molecular complexity index is 873. The van der Waals surface area contributed by atoms with Crippen molar-refractivity contribution in [3.8, 4) is 11.8 Å². The van der Waals surface area contributed by atoms with Gasteiger partial charge in [-0.1, -0.05) is 12.1 Å². The van der Waals surface area contributed by atoms with Crippen LogP contribution in [0.1, 0.15) is 50.5 Å². The molecule has 7 nitrogen and oxygen atoms in total. The summed E-state index contributed by atoms with van der Waals surface area (Å²) in [6.45, 7) is 0.336. The number of likely N-dealkylation sites (tertiary alicyclic amines) is 1. The summed E-state index contributed by atoms with van der Waals surface area (Å²) < 4.78 is 24.4. The van der Waals surface area contributed by atoms with Crippen LogP contribution < -0.4 is 10.1 Å². The SMILES string of the molecule is COc1ccc(COC(=O)C23CCC(NCC(=O)N4C[C@@H](F)C[C@H]4C#N)(CC2)CC3)cc1. The Balaban J connectivity index is 1.27. The molecule has 0 unspecified atom stereocenters. The third kappa shape index (κ3) is 4.44. The molecular weight excluding hydrogens is 413 g/mol. The molecule has 3 aliphatic carbocycles. The van der Waals surface area contributed by atoms with Gasteiger partial charge in [0, 0.05) is 12.0 Å². The molecule has 0 radical (unpaired) electrons. The van der Waals surface area contributed by atoms with Crippen LogP contribution in [0.3, 0.4) is 0 Å². The number of amides is 1. The number of benzene rings is 1. The molecule has 0 spiro atoms. The summed E-state index contributed by atoms with van der Waals surface area (Å²) >= 11 is 0. The number of nitriles is 1. The summed E-state index contributed by atoms with van der Waals surface area (Å²) in [5, 5.41) is 12.6. The molecule has 1 aliphatic heterocycles. The lowest BCUT2D eigenvalue weighted by atomic mass is 9.57. The van der Waals surface area contributed by atoms with Gasteiger partial charge in [-0.05, 0) is 56.2 Å². The first-order chi connectivity index (χ1) is 15.4. The van der Waals surface area contributed by atoms with Gasteiger partial charge in [-0.25, -0.2) is 4.39 Å². The summed E-state index contributed by atoms with van der Waals surface area (Å²) in [5.74, 6) is 0.394. The Morgan fingerprint density at radius 1 is 1.19 bits per heavy atom. The molecular formula is C24H30FN3O4. The van der Waals surface area contributed by atoms with Gasteiger partial charge in [-0.3, -0.25) is 9.59 Å². The summed E-state index contributed by atoms with van der Waals surface area (Å²) in [4.78, 5) is 26.8. The molecule has 1 aromatic carbocycles. The second-order valence-corrected chi connectivity index (χ2v) is 9.36. The first kappa shape index (κ1) is 22.5. The minimum Gasteiger partial charge on any atom is -0.497 e. The maximum Gasteiger partial charge on any atom is 0.312 e. The smallest absolute Gasteiger partial charge is 0.312 e. The lowest BCUT2D eigenvalue weighted by molar-refractivity contribution is -0.165. The van der Waals surface area contributed by atoms with Crippen LogP contribution in [0.2, 0.25) is 0 Å². The Kier molecular flexibility index (Phi) is 6.38. The second kappa shape index (κ2) is 9.07. The van der Waals surface area contributed by atoms with E-state index in [0.29, 0.717) is 0 Å². The number of nitrogens with zero attached hydrogens (tertiary/aromatic N) is 2. The van der Waals surface area contributed by atoms with E-state index in [4.69, 9.17) is 14.7 Å². The molecule has 1 heterocycles. The number of fused-ring (bicyclic) bond motifs is 3. The molecule has 1 aromatic rings. The van der Waals surface area contributed by atoms with E-state index in [9.17, 15) is 14.0 Å². The highest BCUT2D eigenvalue weighted by atomic mass is 19.1. The van der Waals surface area contributed by atoms with E-state index in [1.807, 2.05) is 30.3 Å². The molecule has 4 aliphatic rings.